The van der Waals surface area contributed by atoms with Crippen LogP contribution in [0.3, 0.4) is 0 Å². The monoisotopic (exact) mass is 494 g/mol. The molecule has 0 aromatic rings. The molecule has 0 aromatic heterocycles. The van der Waals surface area contributed by atoms with Crippen molar-refractivity contribution in [3.05, 3.63) is 23.8 Å². The third-order valence-corrected chi connectivity index (χ3v) is 10.3. The van der Waals surface area contributed by atoms with Gasteiger partial charge in [0.25, 0.3) is 0 Å². The fourth-order valence-electron chi connectivity index (χ4n) is 7.48. The van der Waals surface area contributed by atoms with Gasteiger partial charge < -0.3 is 19.7 Å². The molecule has 0 radical (unpaired) electrons. The van der Waals surface area contributed by atoms with Crippen LogP contribution in [0.15, 0.2) is 23.8 Å². The Morgan fingerprint density at radius 2 is 1.97 bits per heavy atom. The molecule has 8 heteroatoms. The van der Waals surface area contributed by atoms with Gasteiger partial charge in [-0.05, 0) is 62.5 Å². The van der Waals surface area contributed by atoms with Crippen molar-refractivity contribution in [3.8, 4) is 0 Å². The fraction of sp³-hybridized carbons (Fsp3) is 0.731. The quantitative estimate of drug-likeness (QED) is 0.327. The Balaban J connectivity index is 1.72. The minimum atomic E-state index is -1.59. The molecule has 0 saturated heterocycles. The Morgan fingerprint density at radius 3 is 2.65 bits per heavy atom. The summed E-state index contributed by atoms with van der Waals surface area (Å²) in [6.45, 7) is 5.22. The molecule has 1 unspecified atom stereocenters. The van der Waals surface area contributed by atoms with Crippen LogP contribution < -0.4 is 0 Å². The van der Waals surface area contributed by atoms with E-state index in [-0.39, 0.29) is 37.1 Å². The van der Waals surface area contributed by atoms with Gasteiger partial charge in [-0.25, -0.2) is 4.79 Å². The first-order valence-corrected chi connectivity index (χ1v) is 12.7. The third kappa shape index (κ3) is 3.34. The number of hydrogen-bond donors (Lipinski definition) is 2. The number of aliphatic hydroxyl groups is 2. The fourth-order valence-corrected chi connectivity index (χ4v) is 8.00. The maximum absolute atomic E-state index is 13.2. The van der Waals surface area contributed by atoms with E-state index >= 15 is 0 Å². The lowest BCUT2D eigenvalue weighted by Crippen LogP contribution is -2.69. The summed E-state index contributed by atoms with van der Waals surface area (Å²) in [5.41, 5.74) is -2.31. The molecule has 188 valence electrons. The van der Waals surface area contributed by atoms with Gasteiger partial charge in [-0.15, -0.1) is 11.6 Å². The predicted octanol–water partition coefficient (Wildman–Crippen LogP) is 3.88. The Hall–Kier alpha value is -1.70. The highest BCUT2D eigenvalue weighted by molar-refractivity contribution is 6.26. The van der Waals surface area contributed by atoms with E-state index in [9.17, 15) is 24.6 Å². The molecule has 4 aliphatic rings. The molecule has 0 heterocycles. The zero-order valence-corrected chi connectivity index (χ0v) is 20.9. The van der Waals surface area contributed by atoms with E-state index in [0.717, 1.165) is 12.0 Å². The third-order valence-electron chi connectivity index (χ3n) is 9.33. The van der Waals surface area contributed by atoms with E-state index in [4.69, 9.17) is 21.1 Å². The number of aliphatic hydroxyl groups excluding tert-OH is 2. The molecule has 4 aliphatic carbocycles. The van der Waals surface area contributed by atoms with Crippen molar-refractivity contribution < 1.29 is 34.1 Å². The molecule has 4 rings (SSSR count). The lowest BCUT2D eigenvalue weighted by molar-refractivity contribution is -0.179. The van der Waals surface area contributed by atoms with E-state index in [2.05, 4.69) is 0 Å². The van der Waals surface area contributed by atoms with E-state index in [0.29, 0.717) is 25.7 Å². The molecule has 0 bridgehead atoms. The molecule has 2 N–H and O–H groups in total. The second-order valence-electron chi connectivity index (χ2n) is 10.8. The minimum absolute atomic E-state index is 0.0789. The summed E-state index contributed by atoms with van der Waals surface area (Å²) in [5, 5.41) is 21.5. The molecule has 34 heavy (non-hydrogen) atoms. The molecule has 0 aromatic carbocycles. The highest BCUT2D eigenvalue weighted by Gasteiger charge is 2.74. The van der Waals surface area contributed by atoms with Crippen LogP contribution in [-0.4, -0.2) is 57.7 Å². The van der Waals surface area contributed by atoms with Crippen molar-refractivity contribution in [2.75, 3.05) is 13.2 Å². The summed E-state index contributed by atoms with van der Waals surface area (Å²) in [7, 11) is 0. The summed E-state index contributed by atoms with van der Waals surface area (Å²) < 4.78 is 11.0. The summed E-state index contributed by atoms with van der Waals surface area (Å²) in [6, 6.07) is 0. The van der Waals surface area contributed by atoms with E-state index < -0.39 is 46.0 Å². The van der Waals surface area contributed by atoms with Crippen LogP contribution in [0.25, 0.3) is 0 Å². The molecule has 7 nitrogen and oxygen atoms in total. The van der Waals surface area contributed by atoms with Gasteiger partial charge in [0.15, 0.2) is 11.4 Å². The molecule has 0 aliphatic heterocycles. The molecular formula is C26H35ClO7. The molecule has 0 amide bonds. The van der Waals surface area contributed by atoms with Crippen molar-refractivity contribution in [2.24, 2.45) is 22.7 Å². The Morgan fingerprint density at radius 1 is 1.24 bits per heavy atom. The summed E-state index contributed by atoms with van der Waals surface area (Å²) in [4.78, 5) is 36.7. The Labute approximate surface area is 205 Å². The van der Waals surface area contributed by atoms with Gasteiger partial charge in [0.05, 0.1) is 17.6 Å². The topological polar surface area (TPSA) is 110 Å². The lowest BCUT2D eigenvalue weighted by Gasteiger charge is -2.63. The van der Waals surface area contributed by atoms with Gasteiger partial charge in [-0.3, -0.25) is 9.59 Å². The van der Waals surface area contributed by atoms with Crippen molar-refractivity contribution in [3.63, 3.8) is 0 Å². The minimum Gasteiger partial charge on any atom is -0.434 e. The van der Waals surface area contributed by atoms with Crippen LogP contribution in [-0.2, 0) is 19.1 Å². The smallest absolute Gasteiger partial charge is 0.434 e. The predicted molar refractivity (Wildman–Crippen MR) is 125 cm³/mol. The summed E-state index contributed by atoms with van der Waals surface area (Å²) >= 11 is 7.40. The normalized spacial score (nSPS) is 42.8. The van der Waals surface area contributed by atoms with Crippen LogP contribution in [0.5, 0.6) is 0 Å². The average molecular weight is 495 g/mol. The van der Waals surface area contributed by atoms with Crippen molar-refractivity contribution in [1.82, 2.24) is 0 Å². The van der Waals surface area contributed by atoms with Gasteiger partial charge in [0.2, 0.25) is 5.78 Å². The number of ether oxygens (including phenoxy) is 2. The van der Waals surface area contributed by atoms with Gasteiger partial charge in [0.1, 0.15) is 6.61 Å². The van der Waals surface area contributed by atoms with E-state index in [1.54, 1.807) is 6.08 Å². The summed E-state index contributed by atoms with van der Waals surface area (Å²) in [5.74, 6) is -0.970. The molecular weight excluding hydrogens is 460 g/mol. The van der Waals surface area contributed by atoms with E-state index in [1.807, 2.05) is 26.8 Å². The second-order valence-corrected chi connectivity index (χ2v) is 11.4. The number of unbranched alkanes of at least 4 members (excludes halogenated alkanes) is 1. The number of rotatable bonds is 6. The number of halogens is 1. The number of ketones is 2. The largest absolute Gasteiger partial charge is 0.509 e. The molecule has 7 atom stereocenters. The maximum atomic E-state index is 13.2. The zero-order valence-electron chi connectivity index (χ0n) is 20.1. The maximum Gasteiger partial charge on any atom is 0.509 e. The van der Waals surface area contributed by atoms with Crippen molar-refractivity contribution >= 4 is 29.3 Å². The van der Waals surface area contributed by atoms with Crippen molar-refractivity contribution in [1.29, 1.82) is 0 Å². The number of alkyl halides is 1. The molecule has 0 spiro atoms. The van der Waals surface area contributed by atoms with E-state index in [1.165, 1.54) is 6.08 Å². The number of allylic oxidation sites excluding steroid dienone is 4. The average Bonchev–Trinajstić information content (AvgIpc) is 3.07. The Kier molecular flexibility index (Phi) is 6.54. The zero-order chi connectivity index (χ0) is 24.9. The second kappa shape index (κ2) is 8.75. The highest BCUT2D eigenvalue weighted by atomic mass is 35.5. The van der Waals surface area contributed by atoms with Gasteiger partial charge in [0, 0.05) is 10.8 Å². The highest BCUT2D eigenvalue weighted by Crippen LogP contribution is 2.71. The number of carbonyl (C=O) groups excluding carboxylic acids is 3. The lowest BCUT2D eigenvalue weighted by atomic mass is 9.45. The van der Waals surface area contributed by atoms with Crippen LogP contribution >= 0.6 is 11.6 Å². The number of Topliss-reactive ketones (excluding diaryl/α,β-unsaturated/α-hetero) is 1. The first-order valence-electron chi connectivity index (χ1n) is 12.3. The van der Waals surface area contributed by atoms with Gasteiger partial charge in [-0.1, -0.05) is 38.8 Å². The van der Waals surface area contributed by atoms with Crippen LogP contribution in [0.2, 0.25) is 0 Å². The van der Waals surface area contributed by atoms with Crippen LogP contribution in [0, 0.1) is 22.7 Å². The van der Waals surface area contributed by atoms with Crippen LogP contribution in [0.1, 0.15) is 65.7 Å². The number of fused-ring (bicyclic) bond motifs is 5. The molecule has 3 fully saturated rings. The van der Waals surface area contributed by atoms with Gasteiger partial charge >= 0.3 is 6.16 Å². The van der Waals surface area contributed by atoms with Crippen molar-refractivity contribution in [2.45, 2.75) is 82.3 Å². The Bertz CT molecular complexity index is 943. The first kappa shape index (κ1) is 25.4. The number of carbonyl (C=O) groups is 3. The SMILES string of the molecule is CCCCOC(=O)O[C@]1(C(=O)CO)CC[C@H]2[C@@H]3CCC4=CC(=O)C=C[C@]4(C)[C@@]3(Cl)C(O)C[C@@]21C. The molecule has 3 saturated carbocycles. The van der Waals surface area contributed by atoms with Gasteiger partial charge in [-0.2, -0.15) is 0 Å². The number of hydrogen-bond acceptors (Lipinski definition) is 7. The summed E-state index contributed by atoms with van der Waals surface area (Å²) in [6.07, 6.45) is 6.75. The standard InChI is InChI=1S/C26H35ClO7/c1-4-5-12-33-22(32)34-25(21(31)15-28)11-9-18-19-7-6-16-13-17(29)8-10-23(16,2)26(19,27)20(30)14-24(18,25)3/h8,10,13,18-20,28,30H,4-7,9,11-12,14-15H2,1-3H3/t18-,19-,20?,23-,24-,25-,26-/m0/s1. The van der Waals surface area contributed by atoms with Crippen LogP contribution in [0.4, 0.5) is 4.79 Å². The first-order chi connectivity index (χ1) is 16.0.